The van der Waals surface area contributed by atoms with Crippen molar-refractivity contribution in [1.82, 2.24) is 5.32 Å². The number of thioether (sulfide) groups is 1. The van der Waals surface area contributed by atoms with Crippen molar-refractivity contribution in [2.45, 2.75) is 20.0 Å². The van der Waals surface area contributed by atoms with E-state index in [0.717, 1.165) is 34.5 Å². The lowest BCUT2D eigenvalue weighted by Gasteiger charge is -2.08. The Morgan fingerprint density at radius 1 is 1.00 bits per heavy atom. The number of halogens is 1. The second kappa shape index (κ2) is 9.86. The summed E-state index contributed by atoms with van der Waals surface area (Å²) < 4.78 is 5.82. The van der Waals surface area contributed by atoms with Crippen molar-refractivity contribution >= 4 is 46.2 Å². The number of carbonyl (C=O) groups is 1. The van der Waals surface area contributed by atoms with E-state index in [0.29, 0.717) is 21.7 Å². The van der Waals surface area contributed by atoms with Crippen molar-refractivity contribution in [3.05, 3.63) is 99.4 Å². The van der Waals surface area contributed by atoms with Crippen LogP contribution in [0.5, 0.6) is 5.75 Å². The number of aryl methyl sites for hydroxylation is 1. The van der Waals surface area contributed by atoms with Gasteiger partial charge in [-0.1, -0.05) is 67.1 Å². The Kier molecular flexibility index (Phi) is 6.75. The molecular weight excluding hydrogens is 428 g/mol. The van der Waals surface area contributed by atoms with E-state index < -0.39 is 0 Å². The van der Waals surface area contributed by atoms with Crippen molar-refractivity contribution in [2.75, 3.05) is 0 Å². The molecule has 0 aliphatic carbocycles. The Balaban J connectivity index is 1.43. The van der Waals surface area contributed by atoms with E-state index in [1.54, 1.807) is 0 Å². The lowest BCUT2D eigenvalue weighted by Crippen LogP contribution is -2.19. The maximum atomic E-state index is 12.4. The Bertz CT molecular complexity index is 1160. The molecule has 3 aromatic rings. The van der Waals surface area contributed by atoms with E-state index in [2.05, 4.69) is 17.2 Å². The zero-order chi connectivity index (χ0) is 21.6. The van der Waals surface area contributed by atoms with Crippen LogP contribution in [-0.4, -0.2) is 11.1 Å². The number of rotatable bonds is 6. The van der Waals surface area contributed by atoms with Crippen LogP contribution in [0.15, 0.2) is 82.7 Å². The standard InChI is InChI=1S/C25H21ClN2O2S/c1-2-18-7-4-6-10-22(18)27-25-28-24(29)23(31-25)15-17-11-13-20(14-12-17)30-16-19-8-3-5-9-21(19)26/h3-15H,2,16H2,1H3,(H,27,28,29). The first-order valence-corrected chi connectivity index (χ1v) is 11.2. The lowest BCUT2D eigenvalue weighted by atomic mass is 10.1. The molecule has 0 atom stereocenters. The summed E-state index contributed by atoms with van der Waals surface area (Å²) in [5.74, 6) is 0.598. The number of amides is 1. The Hall–Kier alpha value is -3.02. The van der Waals surface area contributed by atoms with E-state index in [1.807, 2.05) is 78.9 Å². The molecule has 0 bridgehead atoms. The molecular formula is C25H21ClN2O2S. The van der Waals surface area contributed by atoms with Crippen molar-refractivity contribution in [3.63, 3.8) is 0 Å². The zero-order valence-corrected chi connectivity index (χ0v) is 18.5. The van der Waals surface area contributed by atoms with E-state index in [4.69, 9.17) is 16.3 Å². The highest BCUT2D eigenvalue weighted by Gasteiger charge is 2.24. The van der Waals surface area contributed by atoms with Gasteiger partial charge < -0.3 is 10.1 Å². The molecule has 4 nitrogen and oxygen atoms in total. The third-order valence-electron chi connectivity index (χ3n) is 4.78. The first-order chi connectivity index (χ1) is 15.1. The fourth-order valence-electron chi connectivity index (χ4n) is 3.10. The van der Waals surface area contributed by atoms with E-state index in [9.17, 15) is 4.79 Å². The summed E-state index contributed by atoms with van der Waals surface area (Å²) in [6.07, 6.45) is 2.74. The highest BCUT2D eigenvalue weighted by molar-refractivity contribution is 8.18. The molecule has 0 aromatic heterocycles. The summed E-state index contributed by atoms with van der Waals surface area (Å²) in [5.41, 5.74) is 3.88. The molecule has 1 aliphatic rings. The number of para-hydroxylation sites is 1. The summed E-state index contributed by atoms with van der Waals surface area (Å²) >= 11 is 7.51. The van der Waals surface area contributed by atoms with Gasteiger partial charge in [-0.25, -0.2) is 4.99 Å². The van der Waals surface area contributed by atoms with Gasteiger partial charge in [-0.05, 0) is 59.7 Å². The van der Waals surface area contributed by atoms with E-state index in [1.165, 1.54) is 11.8 Å². The van der Waals surface area contributed by atoms with Crippen molar-refractivity contribution in [3.8, 4) is 5.75 Å². The van der Waals surface area contributed by atoms with Crippen LogP contribution in [0.2, 0.25) is 5.02 Å². The summed E-state index contributed by atoms with van der Waals surface area (Å²) in [7, 11) is 0. The van der Waals surface area contributed by atoms with Gasteiger partial charge in [0, 0.05) is 10.6 Å². The number of hydrogen-bond donors (Lipinski definition) is 1. The Labute approximate surface area is 191 Å². The summed E-state index contributed by atoms with van der Waals surface area (Å²) in [6, 6.07) is 23.2. The third-order valence-corrected chi connectivity index (χ3v) is 6.05. The van der Waals surface area contributed by atoms with Gasteiger partial charge >= 0.3 is 0 Å². The molecule has 0 radical (unpaired) electrons. The monoisotopic (exact) mass is 448 g/mol. The number of ether oxygens (including phenoxy) is 1. The molecule has 0 unspecified atom stereocenters. The van der Waals surface area contributed by atoms with E-state index in [-0.39, 0.29) is 5.91 Å². The average molecular weight is 449 g/mol. The summed E-state index contributed by atoms with van der Waals surface area (Å²) in [6.45, 7) is 2.49. The lowest BCUT2D eigenvalue weighted by molar-refractivity contribution is -0.115. The first-order valence-electron chi connectivity index (χ1n) is 9.96. The van der Waals surface area contributed by atoms with Gasteiger partial charge in [-0.15, -0.1) is 0 Å². The Morgan fingerprint density at radius 2 is 1.71 bits per heavy atom. The molecule has 3 aromatic carbocycles. The highest BCUT2D eigenvalue weighted by Crippen LogP contribution is 2.30. The second-order valence-electron chi connectivity index (χ2n) is 6.91. The minimum absolute atomic E-state index is 0.142. The van der Waals surface area contributed by atoms with E-state index >= 15 is 0 Å². The van der Waals surface area contributed by atoms with Gasteiger partial charge in [0.15, 0.2) is 5.17 Å². The molecule has 1 amide bonds. The van der Waals surface area contributed by atoms with Crippen LogP contribution in [-0.2, 0) is 17.8 Å². The quantitative estimate of drug-likeness (QED) is 0.445. The number of nitrogens with zero attached hydrogens (tertiary/aromatic N) is 1. The molecule has 6 heteroatoms. The van der Waals surface area contributed by atoms with Gasteiger partial charge in [-0.2, -0.15) is 0 Å². The molecule has 1 N–H and O–H groups in total. The summed E-state index contributed by atoms with van der Waals surface area (Å²) in [5, 5.41) is 4.13. The van der Waals surface area contributed by atoms with Gasteiger partial charge in [0.05, 0.1) is 10.6 Å². The first kappa shape index (κ1) is 21.2. The van der Waals surface area contributed by atoms with Crippen LogP contribution in [0, 0.1) is 0 Å². The van der Waals surface area contributed by atoms with Crippen LogP contribution in [0.25, 0.3) is 6.08 Å². The van der Waals surface area contributed by atoms with Gasteiger partial charge in [-0.3, -0.25) is 4.79 Å². The predicted molar refractivity (Wildman–Crippen MR) is 129 cm³/mol. The molecule has 1 saturated heterocycles. The Morgan fingerprint density at radius 3 is 2.45 bits per heavy atom. The number of benzene rings is 3. The predicted octanol–water partition coefficient (Wildman–Crippen LogP) is 6.37. The van der Waals surface area contributed by atoms with Crippen LogP contribution in [0.3, 0.4) is 0 Å². The largest absolute Gasteiger partial charge is 0.489 e. The van der Waals surface area contributed by atoms with Gasteiger partial charge in [0.2, 0.25) is 0 Å². The number of aliphatic imine (C=N–C) groups is 1. The fraction of sp³-hybridized carbons (Fsp3) is 0.120. The van der Waals surface area contributed by atoms with Gasteiger partial charge in [0.25, 0.3) is 5.91 Å². The van der Waals surface area contributed by atoms with Crippen LogP contribution < -0.4 is 10.1 Å². The molecule has 31 heavy (non-hydrogen) atoms. The van der Waals surface area contributed by atoms with Crippen molar-refractivity contribution in [2.24, 2.45) is 4.99 Å². The maximum Gasteiger partial charge on any atom is 0.264 e. The van der Waals surface area contributed by atoms with Crippen molar-refractivity contribution < 1.29 is 9.53 Å². The van der Waals surface area contributed by atoms with Crippen molar-refractivity contribution in [1.29, 1.82) is 0 Å². The smallest absolute Gasteiger partial charge is 0.264 e. The minimum Gasteiger partial charge on any atom is -0.489 e. The molecule has 1 aliphatic heterocycles. The fourth-order valence-corrected chi connectivity index (χ4v) is 4.12. The molecule has 1 heterocycles. The minimum atomic E-state index is -0.142. The SMILES string of the molecule is CCc1ccccc1N=C1NC(=O)C(=Cc2ccc(OCc3ccccc3Cl)cc2)S1. The van der Waals surface area contributed by atoms with Crippen LogP contribution >= 0.6 is 23.4 Å². The molecule has 1 fully saturated rings. The zero-order valence-electron chi connectivity index (χ0n) is 17.0. The van der Waals surface area contributed by atoms with Gasteiger partial charge in [0.1, 0.15) is 12.4 Å². The third kappa shape index (κ3) is 5.37. The second-order valence-corrected chi connectivity index (χ2v) is 8.35. The molecule has 4 rings (SSSR count). The van der Waals surface area contributed by atoms with Crippen LogP contribution in [0.1, 0.15) is 23.6 Å². The number of hydrogen-bond acceptors (Lipinski definition) is 4. The molecule has 0 saturated carbocycles. The molecule has 0 spiro atoms. The van der Waals surface area contributed by atoms with Crippen LogP contribution in [0.4, 0.5) is 5.69 Å². The number of amidine groups is 1. The normalized spacial score (nSPS) is 16.0. The number of carbonyl (C=O) groups excluding carboxylic acids is 1. The summed E-state index contributed by atoms with van der Waals surface area (Å²) in [4.78, 5) is 17.6. The molecule has 156 valence electrons. The highest BCUT2D eigenvalue weighted by atomic mass is 35.5. The topological polar surface area (TPSA) is 50.7 Å². The number of nitrogens with one attached hydrogen (secondary N) is 1. The average Bonchev–Trinajstić information content (AvgIpc) is 3.13. The maximum absolute atomic E-state index is 12.4.